The summed E-state index contributed by atoms with van der Waals surface area (Å²) in [5.41, 5.74) is 18.3. The van der Waals surface area contributed by atoms with Crippen LogP contribution in [0.25, 0.3) is 21.5 Å². The first-order valence-electron chi connectivity index (χ1n) is 16.1. The lowest BCUT2D eigenvalue weighted by atomic mass is 9.96. The largest absolute Gasteiger partial charge is 0.252 e. The van der Waals surface area contributed by atoms with Crippen molar-refractivity contribution >= 4 is 67.1 Å². The molecule has 2 aliphatic carbocycles. The van der Waals surface area contributed by atoms with Gasteiger partial charge in [0.15, 0.2) is 0 Å². The number of nitrogens with zero attached hydrogens (tertiary/aromatic N) is 4. The van der Waals surface area contributed by atoms with Gasteiger partial charge in [-0.1, -0.05) is 49.6 Å². The number of benzene rings is 4. The zero-order valence-corrected chi connectivity index (χ0v) is 25.5. The van der Waals surface area contributed by atoms with Crippen LogP contribution in [0.1, 0.15) is 35.1 Å². The van der Waals surface area contributed by atoms with Crippen LogP contribution >= 0.6 is 0 Å². The molecule has 4 heterocycles. The molecule has 4 nitrogen and oxygen atoms in total. The second-order valence-electron chi connectivity index (χ2n) is 13.2. The van der Waals surface area contributed by atoms with Crippen molar-refractivity contribution in [3.63, 3.8) is 0 Å². The molecule has 0 fully saturated rings. The molecule has 10 rings (SSSR count). The molecular formula is C42H30N4. The minimum Gasteiger partial charge on any atom is -0.252 e. The van der Waals surface area contributed by atoms with E-state index in [-0.39, 0.29) is 0 Å². The highest BCUT2D eigenvalue weighted by Crippen LogP contribution is 2.41. The maximum atomic E-state index is 5.13. The van der Waals surface area contributed by atoms with Gasteiger partial charge in [-0.3, -0.25) is 20.0 Å². The lowest BCUT2D eigenvalue weighted by molar-refractivity contribution is 1.29. The first-order valence-corrected chi connectivity index (χ1v) is 16.1. The van der Waals surface area contributed by atoms with Crippen molar-refractivity contribution in [2.24, 2.45) is 20.0 Å². The molecule has 0 saturated carbocycles. The van der Waals surface area contributed by atoms with Gasteiger partial charge in [0.1, 0.15) is 0 Å². The Kier molecular flexibility index (Phi) is 5.34. The second-order valence-corrected chi connectivity index (χ2v) is 13.2. The summed E-state index contributed by atoms with van der Waals surface area (Å²) in [5.74, 6) is 0. The van der Waals surface area contributed by atoms with Gasteiger partial charge in [0.25, 0.3) is 0 Å². The molecule has 4 aromatic carbocycles. The van der Waals surface area contributed by atoms with Gasteiger partial charge >= 0.3 is 0 Å². The van der Waals surface area contributed by atoms with Gasteiger partial charge in [-0.05, 0) is 127 Å². The van der Waals surface area contributed by atoms with Crippen LogP contribution in [0.2, 0.25) is 0 Å². The zero-order chi connectivity index (χ0) is 30.5. The first-order chi connectivity index (χ1) is 22.5. The van der Waals surface area contributed by atoms with E-state index in [1.54, 1.807) is 0 Å². The molecule has 0 amide bonds. The predicted octanol–water partition coefficient (Wildman–Crippen LogP) is 10.1. The number of allylic oxidation sites excluding steroid dienone is 10. The number of hydrogen-bond acceptors (Lipinski definition) is 4. The van der Waals surface area contributed by atoms with Crippen LogP contribution in [-0.2, 0) is 25.7 Å². The highest BCUT2D eigenvalue weighted by Gasteiger charge is 2.27. The van der Waals surface area contributed by atoms with Gasteiger partial charge in [0.2, 0.25) is 0 Å². The summed E-state index contributed by atoms with van der Waals surface area (Å²) in [7, 11) is 0. The Morgan fingerprint density at radius 1 is 0.457 bits per heavy atom. The average Bonchev–Trinajstić information content (AvgIpc) is 3.90. The van der Waals surface area contributed by atoms with Crippen LogP contribution in [0.3, 0.4) is 0 Å². The average molecular weight is 591 g/mol. The van der Waals surface area contributed by atoms with E-state index in [0.29, 0.717) is 0 Å². The van der Waals surface area contributed by atoms with Crippen molar-refractivity contribution in [1.29, 1.82) is 0 Å². The molecule has 0 spiro atoms. The molecule has 0 aromatic heterocycles. The number of rotatable bonds is 5. The minimum atomic E-state index is 0.808. The van der Waals surface area contributed by atoms with Crippen LogP contribution in [0.15, 0.2) is 140 Å². The van der Waals surface area contributed by atoms with Crippen molar-refractivity contribution in [2.75, 3.05) is 0 Å². The fraction of sp³-hybridized carbons (Fsp3) is 0.143. The fourth-order valence-corrected chi connectivity index (χ4v) is 7.68. The topological polar surface area (TPSA) is 49.4 Å². The fourth-order valence-electron chi connectivity index (χ4n) is 7.68. The normalized spacial score (nSPS) is 18.3. The number of fused-ring (bicyclic) bond motifs is 6. The summed E-state index contributed by atoms with van der Waals surface area (Å²) in [6, 6.07) is 18.2. The predicted molar refractivity (Wildman–Crippen MR) is 193 cm³/mol. The van der Waals surface area contributed by atoms with Crippen molar-refractivity contribution in [3.05, 3.63) is 143 Å². The van der Waals surface area contributed by atoms with E-state index >= 15 is 0 Å². The Morgan fingerprint density at radius 3 is 1.20 bits per heavy atom. The molecule has 4 heteroatoms. The summed E-state index contributed by atoms with van der Waals surface area (Å²) in [4.78, 5) is 20.2. The molecule has 0 bridgehead atoms. The van der Waals surface area contributed by atoms with Crippen LogP contribution in [0.4, 0.5) is 22.7 Å². The van der Waals surface area contributed by atoms with Gasteiger partial charge in [0, 0.05) is 25.7 Å². The van der Waals surface area contributed by atoms with E-state index in [9.17, 15) is 0 Å². The molecule has 0 atom stereocenters. The first kappa shape index (κ1) is 25.8. The maximum absolute atomic E-state index is 5.13. The van der Waals surface area contributed by atoms with E-state index < -0.39 is 0 Å². The summed E-state index contributed by atoms with van der Waals surface area (Å²) < 4.78 is 0. The molecule has 46 heavy (non-hydrogen) atoms. The third kappa shape index (κ3) is 3.99. The molecule has 0 N–H and O–H groups in total. The van der Waals surface area contributed by atoms with E-state index in [4.69, 9.17) is 20.0 Å². The second kappa shape index (κ2) is 9.51. The number of aliphatic imine (C=N–C) groups is 4. The molecule has 0 saturated heterocycles. The third-order valence-corrected chi connectivity index (χ3v) is 10.3. The molecular weight excluding hydrogens is 560 g/mol. The van der Waals surface area contributed by atoms with Gasteiger partial charge in [0.05, 0.1) is 45.6 Å². The van der Waals surface area contributed by atoms with Crippen LogP contribution in [0.5, 0.6) is 0 Å². The van der Waals surface area contributed by atoms with Crippen molar-refractivity contribution in [3.8, 4) is 0 Å². The SMILES string of the molecule is C=C(C1=CC=CC1)C1=Nc2cc3cc4c(cc3cc2C1)N=C(C1=Nc2cc3cc5c(cc3cc2C1)N=C(C(=C)C1=CC=CC1)C5)C4. The van der Waals surface area contributed by atoms with Crippen molar-refractivity contribution < 1.29 is 0 Å². The molecule has 0 radical (unpaired) electrons. The minimum absolute atomic E-state index is 0.808. The Balaban J connectivity index is 0.899. The monoisotopic (exact) mass is 590 g/mol. The Hall–Kier alpha value is -5.48. The maximum Gasteiger partial charge on any atom is 0.0676 e. The summed E-state index contributed by atoms with van der Waals surface area (Å²) >= 11 is 0. The van der Waals surface area contributed by atoms with E-state index in [0.717, 1.165) is 95.3 Å². The molecule has 0 unspecified atom stereocenters. The van der Waals surface area contributed by atoms with E-state index in [1.807, 2.05) is 0 Å². The Morgan fingerprint density at radius 2 is 0.826 bits per heavy atom. The van der Waals surface area contributed by atoms with Crippen LogP contribution in [-0.4, -0.2) is 22.8 Å². The summed E-state index contributed by atoms with van der Waals surface area (Å²) in [6.07, 6.45) is 18.0. The standard InChI is InChI=1S/C42H30N4/c1-23(25-7-3-4-8-25)35-19-31-11-27-17-39-33(13-29(27)15-37(31)43-35)21-41(45-39)42-22-34-14-30-16-38-32(12-28(30)18-40(34)46-42)20-36(44-38)24(2)26-9-5-6-10-26/h3-7,9,11-18H,1-2,8,10,19-22H2. The lowest BCUT2D eigenvalue weighted by Crippen LogP contribution is -2.13. The van der Waals surface area contributed by atoms with Gasteiger partial charge in [-0.2, -0.15) is 0 Å². The van der Waals surface area contributed by atoms with Gasteiger partial charge in [-0.15, -0.1) is 0 Å². The van der Waals surface area contributed by atoms with E-state index in [2.05, 4.69) is 98.1 Å². The van der Waals surface area contributed by atoms with Crippen LogP contribution < -0.4 is 0 Å². The van der Waals surface area contributed by atoms with Crippen molar-refractivity contribution in [2.45, 2.75) is 38.5 Å². The lowest BCUT2D eigenvalue weighted by Gasteiger charge is -2.06. The summed E-state index contributed by atoms with van der Waals surface area (Å²) in [5, 5.41) is 4.86. The highest BCUT2D eigenvalue weighted by molar-refractivity contribution is 6.46. The smallest absolute Gasteiger partial charge is 0.0676 e. The molecule has 4 aromatic rings. The Labute approximate surface area is 267 Å². The Bertz CT molecular complexity index is 2260. The molecule has 4 aliphatic heterocycles. The van der Waals surface area contributed by atoms with Crippen molar-refractivity contribution in [1.82, 2.24) is 0 Å². The highest BCUT2D eigenvalue weighted by atomic mass is 14.9. The third-order valence-electron chi connectivity index (χ3n) is 10.3. The van der Waals surface area contributed by atoms with Gasteiger partial charge in [-0.25, -0.2) is 0 Å². The zero-order valence-electron chi connectivity index (χ0n) is 25.5. The molecule has 218 valence electrons. The van der Waals surface area contributed by atoms with Crippen LogP contribution in [0, 0.1) is 0 Å². The quantitative estimate of drug-likeness (QED) is 0.222. The number of hydrogen-bond donors (Lipinski definition) is 0. The van der Waals surface area contributed by atoms with E-state index in [1.165, 1.54) is 54.9 Å². The molecule has 6 aliphatic rings. The summed E-state index contributed by atoms with van der Waals surface area (Å²) in [6.45, 7) is 8.71. The van der Waals surface area contributed by atoms with Gasteiger partial charge < -0.3 is 0 Å².